The van der Waals surface area contributed by atoms with Crippen LogP contribution in [0.3, 0.4) is 0 Å². The van der Waals surface area contributed by atoms with Gasteiger partial charge in [-0.15, -0.1) is 0 Å². The highest BCUT2D eigenvalue weighted by atomic mass is 16.5. The van der Waals surface area contributed by atoms with Crippen LogP contribution in [0.4, 0.5) is 0 Å². The van der Waals surface area contributed by atoms with Crippen LogP contribution in [0.15, 0.2) is 24.3 Å². The number of aryl methyl sites for hydroxylation is 1. The van der Waals surface area contributed by atoms with Crippen molar-refractivity contribution < 1.29 is 14.3 Å². The Morgan fingerprint density at radius 1 is 1.24 bits per heavy atom. The first kappa shape index (κ1) is 15.5. The summed E-state index contributed by atoms with van der Waals surface area (Å²) >= 11 is 0. The summed E-state index contributed by atoms with van der Waals surface area (Å²) in [5.41, 5.74) is 1.73. The van der Waals surface area contributed by atoms with Crippen molar-refractivity contribution in [3.63, 3.8) is 0 Å². The average Bonchev–Trinajstić information content (AvgIpc) is 2.54. The highest BCUT2D eigenvalue weighted by molar-refractivity contribution is 5.98. The van der Waals surface area contributed by atoms with E-state index in [0.29, 0.717) is 25.1 Å². The van der Waals surface area contributed by atoms with Gasteiger partial charge in [0.1, 0.15) is 6.04 Å². The maximum Gasteiger partial charge on any atom is 0.328 e. The molecular formula is C17H23NO3. The molecular weight excluding hydrogens is 266 g/mol. The van der Waals surface area contributed by atoms with E-state index in [4.69, 9.17) is 4.74 Å². The Morgan fingerprint density at radius 2 is 2.00 bits per heavy atom. The molecule has 21 heavy (non-hydrogen) atoms. The number of hydrogen-bond donors (Lipinski definition) is 0. The number of likely N-dealkylation sites (tertiary alicyclic amines) is 1. The number of piperidine rings is 1. The summed E-state index contributed by atoms with van der Waals surface area (Å²) < 4.78 is 5.12. The van der Waals surface area contributed by atoms with Gasteiger partial charge >= 0.3 is 5.97 Å². The van der Waals surface area contributed by atoms with Crippen LogP contribution < -0.4 is 0 Å². The van der Waals surface area contributed by atoms with Crippen molar-refractivity contribution in [2.45, 2.75) is 45.6 Å². The van der Waals surface area contributed by atoms with E-state index in [-0.39, 0.29) is 11.9 Å². The summed E-state index contributed by atoms with van der Waals surface area (Å²) in [4.78, 5) is 26.6. The van der Waals surface area contributed by atoms with E-state index < -0.39 is 6.04 Å². The van der Waals surface area contributed by atoms with Crippen LogP contribution in [0.2, 0.25) is 0 Å². The van der Waals surface area contributed by atoms with Crippen LogP contribution in [0.5, 0.6) is 0 Å². The number of amides is 1. The first-order valence-electron chi connectivity index (χ1n) is 7.74. The van der Waals surface area contributed by atoms with Crippen molar-refractivity contribution in [2.24, 2.45) is 0 Å². The third kappa shape index (κ3) is 3.43. The second-order valence-electron chi connectivity index (χ2n) is 5.27. The molecule has 0 aliphatic carbocycles. The summed E-state index contributed by atoms with van der Waals surface area (Å²) in [6, 6.07) is 7.19. The van der Waals surface area contributed by atoms with E-state index in [1.165, 1.54) is 0 Å². The van der Waals surface area contributed by atoms with Crippen LogP contribution in [-0.2, 0) is 16.0 Å². The maximum absolute atomic E-state index is 12.8. The molecule has 1 aliphatic heterocycles. The van der Waals surface area contributed by atoms with Gasteiger partial charge in [0, 0.05) is 12.1 Å². The van der Waals surface area contributed by atoms with E-state index in [2.05, 4.69) is 0 Å². The van der Waals surface area contributed by atoms with Crippen molar-refractivity contribution in [3.8, 4) is 0 Å². The first-order valence-corrected chi connectivity index (χ1v) is 7.74. The minimum Gasteiger partial charge on any atom is -0.464 e. The van der Waals surface area contributed by atoms with Crippen LogP contribution in [-0.4, -0.2) is 36.0 Å². The van der Waals surface area contributed by atoms with Crippen LogP contribution in [0, 0.1) is 0 Å². The van der Waals surface area contributed by atoms with Crippen LogP contribution >= 0.6 is 0 Å². The fourth-order valence-electron chi connectivity index (χ4n) is 2.85. The van der Waals surface area contributed by atoms with E-state index in [0.717, 1.165) is 24.8 Å². The SMILES string of the molecule is CCOC(=O)C1CCCCN1C(=O)c1ccccc1CC. The highest BCUT2D eigenvalue weighted by Gasteiger charge is 2.34. The smallest absolute Gasteiger partial charge is 0.328 e. The lowest BCUT2D eigenvalue weighted by Crippen LogP contribution is -2.48. The molecule has 1 atom stereocenters. The predicted octanol–water partition coefficient (Wildman–Crippen LogP) is 2.81. The topological polar surface area (TPSA) is 46.6 Å². The quantitative estimate of drug-likeness (QED) is 0.801. The molecule has 114 valence electrons. The van der Waals surface area contributed by atoms with Gasteiger partial charge < -0.3 is 9.64 Å². The molecule has 1 saturated heterocycles. The largest absolute Gasteiger partial charge is 0.464 e. The third-order valence-corrected chi connectivity index (χ3v) is 3.95. The molecule has 1 amide bonds. The minimum absolute atomic E-state index is 0.0507. The molecule has 0 bridgehead atoms. The van der Waals surface area contributed by atoms with Gasteiger partial charge in [-0.05, 0) is 44.2 Å². The van der Waals surface area contributed by atoms with Gasteiger partial charge in [0.2, 0.25) is 0 Å². The monoisotopic (exact) mass is 289 g/mol. The zero-order chi connectivity index (χ0) is 15.2. The molecule has 1 aromatic carbocycles. The van der Waals surface area contributed by atoms with Crippen molar-refractivity contribution in [2.75, 3.05) is 13.2 Å². The zero-order valence-corrected chi connectivity index (χ0v) is 12.8. The summed E-state index contributed by atoms with van der Waals surface area (Å²) in [6.07, 6.45) is 3.40. The molecule has 0 radical (unpaired) electrons. The Labute approximate surface area is 126 Å². The molecule has 0 spiro atoms. The van der Waals surface area contributed by atoms with E-state index in [9.17, 15) is 9.59 Å². The minimum atomic E-state index is -0.434. The number of hydrogen-bond acceptors (Lipinski definition) is 3. The maximum atomic E-state index is 12.8. The number of nitrogens with zero attached hydrogens (tertiary/aromatic N) is 1. The standard InChI is InChI=1S/C17H23NO3/c1-3-13-9-5-6-10-14(13)16(19)18-12-8-7-11-15(18)17(20)21-4-2/h5-6,9-10,15H,3-4,7-8,11-12H2,1-2H3. The van der Waals surface area contributed by atoms with Crippen molar-refractivity contribution in [1.29, 1.82) is 0 Å². The Balaban J connectivity index is 2.24. The Hall–Kier alpha value is -1.84. The normalized spacial score (nSPS) is 18.4. The molecule has 2 rings (SSSR count). The second kappa shape index (κ2) is 7.25. The lowest BCUT2D eigenvalue weighted by atomic mass is 9.98. The van der Waals surface area contributed by atoms with Crippen molar-refractivity contribution in [3.05, 3.63) is 35.4 Å². The average molecular weight is 289 g/mol. The number of rotatable bonds is 4. The summed E-state index contributed by atoms with van der Waals surface area (Å²) in [5, 5.41) is 0. The third-order valence-electron chi connectivity index (χ3n) is 3.95. The molecule has 0 aromatic heterocycles. The number of ether oxygens (including phenoxy) is 1. The molecule has 0 saturated carbocycles. The van der Waals surface area contributed by atoms with Gasteiger partial charge in [-0.1, -0.05) is 25.1 Å². The molecule has 4 heteroatoms. The van der Waals surface area contributed by atoms with Gasteiger partial charge in [0.25, 0.3) is 5.91 Å². The predicted molar refractivity (Wildman–Crippen MR) is 81.1 cm³/mol. The fourth-order valence-corrected chi connectivity index (χ4v) is 2.85. The molecule has 1 heterocycles. The fraction of sp³-hybridized carbons (Fsp3) is 0.529. The number of carbonyl (C=O) groups excluding carboxylic acids is 2. The Morgan fingerprint density at radius 3 is 2.71 bits per heavy atom. The van der Waals surface area contributed by atoms with E-state index >= 15 is 0 Å². The first-order chi connectivity index (χ1) is 10.2. The van der Waals surface area contributed by atoms with E-state index in [1.54, 1.807) is 11.8 Å². The lowest BCUT2D eigenvalue weighted by Gasteiger charge is -2.34. The van der Waals surface area contributed by atoms with Crippen LogP contribution in [0.1, 0.15) is 49.0 Å². The molecule has 0 N–H and O–H groups in total. The van der Waals surface area contributed by atoms with Gasteiger partial charge in [-0.2, -0.15) is 0 Å². The van der Waals surface area contributed by atoms with Crippen LogP contribution in [0.25, 0.3) is 0 Å². The van der Waals surface area contributed by atoms with Crippen molar-refractivity contribution >= 4 is 11.9 Å². The molecule has 1 aliphatic rings. The van der Waals surface area contributed by atoms with E-state index in [1.807, 2.05) is 31.2 Å². The molecule has 4 nitrogen and oxygen atoms in total. The summed E-state index contributed by atoms with van der Waals surface area (Å²) in [6.45, 7) is 4.80. The number of carbonyl (C=O) groups is 2. The highest BCUT2D eigenvalue weighted by Crippen LogP contribution is 2.22. The summed E-state index contributed by atoms with van der Waals surface area (Å²) in [5.74, 6) is -0.329. The van der Waals surface area contributed by atoms with Crippen molar-refractivity contribution in [1.82, 2.24) is 4.90 Å². The Bertz CT molecular complexity index is 513. The molecule has 1 aromatic rings. The molecule has 1 fully saturated rings. The number of esters is 1. The second-order valence-corrected chi connectivity index (χ2v) is 5.27. The Kier molecular flexibility index (Phi) is 5.37. The number of benzene rings is 1. The van der Waals surface area contributed by atoms with Gasteiger partial charge in [-0.3, -0.25) is 4.79 Å². The molecule has 1 unspecified atom stereocenters. The van der Waals surface area contributed by atoms with Gasteiger partial charge in [0.15, 0.2) is 0 Å². The van der Waals surface area contributed by atoms with Gasteiger partial charge in [0.05, 0.1) is 6.61 Å². The lowest BCUT2D eigenvalue weighted by molar-refractivity contribution is -0.149. The zero-order valence-electron chi connectivity index (χ0n) is 12.8. The summed E-state index contributed by atoms with van der Waals surface area (Å²) in [7, 11) is 0. The van der Waals surface area contributed by atoms with Gasteiger partial charge in [-0.25, -0.2) is 4.79 Å².